The molecule has 0 saturated heterocycles. The molecule has 0 nitrogen and oxygen atoms in total. The van der Waals surface area contributed by atoms with Gasteiger partial charge in [-0.3, -0.25) is 0 Å². The van der Waals surface area contributed by atoms with Crippen LogP contribution in [0.3, 0.4) is 0 Å². The van der Waals surface area contributed by atoms with E-state index < -0.39 is 11.6 Å². The second-order valence-corrected chi connectivity index (χ2v) is 11.3. The molecule has 0 N–H and O–H groups in total. The Morgan fingerprint density at radius 3 is 2.34 bits per heavy atom. The molecule has 0 bridgehead atoms. The number of hydrogen-bond acceptors (Lipinski definition) is 0. The number of halogens is 2. The molecule has 4 unspecified atom stereocenters. The Morgan fingerprint density at radius 1 is 0.781 bits per heavy atom. The Bertz CT molecular complexity index is 1220. The van der Waals surface area contributed by atoms with E-state index in [0.717, 1.165) is 25.7 Å². The molecule has 32 heavy (non-hydrogen) atoms. The van der Waals surface area contributed by atoms with Gasteiger partial charge < -0.3 is 0 Å². The molecule has 0 spiro atoms. The standard InChI is InChI=1S/C30H30F2/c1-29(2)17-30(3,24-12-6-11-22-20-9-5-4-8-18(20)14-23(22)24)26-16-19(15-25(26)29)21-10-7-13-27(31)28(21)32/h4-13,19,25-26H,14-17H2,1-3H3. The second-order valence-electron chi connectivity index (χ2n) is 11.3. The monoisotopic (exact) mass is 428 g/mol. The van der Waals surface area contributed by atoms with Crippen LogP contribution in [0.5, 0.6) is 0 Å². The topological polar surface area (TPSA) is 0 Å². The molecule has 6 rings (SSSR count). The molecule has 0 amide bonds. The highest BCUT2D eigenvalue weighted by Gasteiger charge is 2.59. The van der Waals surface area contributed by atoms with Gasteiger partial charge in [0, 0.05) is 0 Å². The van der Waals surface area contributed by atoms with Gasteiger partial charge in [-0.15, -0.1) is 0 Å². The van der Waals surface area contributed by atoms with E-state index in [9.17, 15) is 8.78 Å². The van der Waals surface area contributed by atoms with Crippen LogP contribution >= 0.6 is 0 Å². The van der Waals surface area contributed by atoms with Gasteiger partial charge in [-0.2, -0.15) is 0 Å². The normalized spacial score (nSPS) is 29.6. The number of benzene rings is 3. The average molecular weight is 429 g/mol. The first-order valence-corrected chi connectivity index (χ1v) is 11.9. The van der Waals surface area contributed by atoms with E-state index in [1.54, 1.807) is 12.1 Å². The van der Waals surface area contributed by atoms with E-state index in [0.29, 0.717) is 17.4 Å². The molecule has 3 aromatic carbocycles. The van der Waals surface area contributed by atoms with E-state index in [-0.39, 0.29) is 16.7 Å². The third-order valence-corrected chi connectivity index (χ3v) is 9.09. The van der Waals surface area contributed by atoms with Crippen molar-refractivity contribution in [3.8, 4) is 11.1 Å². The summed E-state index contributed by atoms with van der Waals surface area (Å²) in [5, 5.41) is 0. The molecule has 164 valence electrons. The van der Waals surface area contributed by atoms with Crippen LogP contribution in [0.15, 0.2) is 60.7 Å². The van der Waals surface area contributed by atoms with Crippen molar-refractivity contribution in [2.24, 2.45) is 17.3 Å². The Balaban J connectivity index is 1.43. The Kier molecular flexibility index (Phi) is 4.26. The van der Waals surface area contributed by atoms with Gasteiger partial charge in [0.2, 0.25) is 0 Å². The molecule has 0 aliphatic heterocycles. The van der Waals surface area contributed by atoms with E-state index in [1.165, 1.54) is 33.9 Å². The van der Waals surface area contributed by atoms with Crippen molar-refractivity contribution in [2.75, 3.05) is 0 Å². The number of hydrogen-bond donors (Lipinski definition) is 0. The summed E-state index contributed by atoms with van der Waals surface area (Å²) in [5.41, 5.74) is 7.91. The van der Waals surface area contributed by atoms with Crippen LogP contribution in [0.25, 0.3) is 11.1 Å². The molecule has 4 atom stereocenters. The molecule has 3 aliphatic carbocycles. The van der Waals surface area contributed by atoms with Crippen LogP contribution in [0, 0.1) is 28.9 Å². The Morgan fingerprint density at radius 2 is 1.50 bits per heavy atom. The van der Waals surface area contributed by atoms with Crippen LogP contribution in [-0.4, -0.2) is 0 Å². The first-order chi connectivity index (χ1) is 15.3. The molecule has 3 aromatic rings. The van der Waals surface area contributed by atoms with Gasteiger partial charge in [-0.05, 0) is 93.7 Å². The van der Waals surface area contributed by atoms with Gasteiger partial charge in [-0.1, -0.05) is 75.4 Å². The zero-order valence-electron chi connectivity index (χ0n) is 19.1. The van der Waals surface area contributed by atoms with Gasteiger partial charge in [0.05, 0.1) is 0 Å². The van der Waals surface area contributed by atoms with E-state index in [2.05, 4.69) is 63.2 Å². The van der Waals surface area contributed by atoms with Gasteiger partial charge in [0.15, 0.2) is 11.6 Å². The van der Waals surface area contributed by atoms with Gasteiger partial charge >= 0.3 is 0 Å². The lowest BCUT2D eigenvalue weighted by Crippen LogP contribution is -2.29. The van der Waals surface area contributed by atoms with Crippen molar-refractivity contribution in [1.82, 2.24) is 0 Å². The summed E-state index contributed by atoms with van der Waals surface area (Å²) >= 11 is 0. The van der Waals surface area contributed by atoms with Gasteiger partial charge in [-0.25, -0.2) is 8.78 Å². The van der Waals surface area contributed by atoms with Crippen LogP contribution < -0.4 is 0 Å². The minimum atomic E-state index is -0.722. The highest BCUT2D eigenvalue weighted by Crippen LogP contribution is 2.67. The number of fused-ring (bicyclic) bond motifs is 4. The van der Waals surface area contributed by atoms with Crippen molar-refractivity contribution in [3.05, 3.63) is 94.6 Å². The van der Waals surface area contributed by atoms with E-state index in [4.69, 9.17) is 0 Å². The predicted octanol–water partition coefficient (Wildman–Crippen LogP) is 8.03. The average Bonchev–Trinajstić information content (AvgIpc) is 3.42. The fraction of sp³-hybridized carbons (Fsp3) is 0.400. The van der Waals surface area contributed by atoms with Gasteiger partial charge in [0.1, 0.15) is 0 Å². The highest BCUT2D eigenvalue weighted by molar-refractivity contribution is 5.78. The lowest BCUT2D eigenvalue weighted by atomic mass is 9.69. The van der Waals surface area contributed by atoms with Crippen molar-refractivity contribution >= 4 is 0 Å². The predicted molar refractivity (Wildman–Crippen MR) is 126 cm³/mol. The summed E-state index contributed by atoms with van der Waals surface area (Å²) < 4.78 is 28.7. The molecule has 0 aromatic heterocycles. The minimum absolute atomic E-state index is 0.0418. The Labute approximate surface area is 189 Å². The molecule has 3 aliphatic rings. The van der Waals surface area contributed by atoms with Crippen LogP contribution in [0.2, 0.25) is 0 Å². The first kappa shape index (κ1) is 20.1. The van der Waals surface area contributed by atoms with Crippen LogP contribution in [0.4, 0.5) is 8.78 Å². The maximum Gasteiger partial charge on any atom is 0.162 e. The minimum Gasteiger partial charge on any atom is -0.204 e. The second kappa shape index (κ2) is 6.76. The molecule has 2 heteroatoms. The zero-order chi connectivity index (χ0) is 22.3. The van der Waals surface area contributed by atoms with E-state index >= 15 is 0 Å². The molecular formula is C30H30F2. The van der Waals surface area contributed by atoms with Crippen LogP contribution in [0.1, 0.15) is 68.2 Å². The largest absolute Gasteiger partial charge is 0.204 e. The fourth-order valence-corrected chi connectivity index (χ4v) is 7.89. The maximum absolute atomic E-state index is 14.7. The lowest BCUT2D eigenvalue weighted by Gasteiger charge is -2.35. The summed E-state index contributed by atoms with van der Waals surface area (Å²) in [6, 6.07) is 20.3. The SMILES string of the molecule is CC1(C)CC(C)(c2cccc3c2Cc2ccccc2-3)C2CC(c3cccc(F)c3F)CC21. The summed E-state index contributed by atoms with van der Waals surface area (Å²) in [6.45, 7) is 7.22. The van der Waals surface area contributed by atoms with Crippen molar-refractivity contribution in [2.45, 2.75) is 57.8 Å². The summed E-state index contributed by atoms with van der Waals surface area (Å²) in [4.78, 5) is 0. The summed E-state index contributed by atoms with van der Waals surface area (Å²) in [7, 11) is 0. The van der Waals surface area contributed by atoms with Crippen molar-refractivity contribution < 1.29 is 8.78 Å². The van der Waals surface area contributed by atoms with Crippen molar-refractivity contribution in [1.29, 1.82) is 0 Å². The third-order valence-electron chi connectivity index (χ3n) is 9.09. The van der Waals surface area contributed by atoms with Crippen LogP contribution in [-0.2, 0) is 11.8 Å². The maximum atomic E-state index is 14.7. The Hall–Kier alpha value is -2.48. The zero-order valence-corrected chi connectivity index (χ0v) is 19.1. The quantitative estimate of drug-likeness (QED) is 0.303. The molecular weight excluding hydrogens is 398 g/mol. The smallest absolute Gasteiger partial charge is 0.162 e. The third kappa shape index (κ3) is 2.71. The molecule has 0 heterocycles. The number of rotatable bonds is 2. The lowest BCUT2D eigenvalue weighted by molar-refractivity contribution is 0.238. The molecule has 0 radical (unpaired) electrons. The fourth-order valence-electron chi connectivity index (χ4n) is 7.89. The van der Waals surface area contributed by atoms with E-state index in [1.807, 2.05) is 0 Å². The first-order valence-electron chi connectivity index (χ1n) is 11.9. The summed E-state index contributed by atoms with van der Waals surface area (Å²) in [5.74, 6) is -0.290. The molecule has 2 saturated carbocycles. The van der Waals surface area contributed by atoms with Gasteiger partial charge in [0.25, 0.3) is 0 Å². The van der Waals surface area contributed by atoms with Crippen molar-refractivity contribution in [3.63, 3.8) is 0 Å². The summed E-state index contributed by atoms with van der Waals surface area (Å²) in [6.07, 6.45) is 4.02. The highest BCUT2D eigenvalue weighted by atomic mass is 19.2. The molecule has 2 fully saturated rings.